The van der Waals surface area contributed by atoms with Crippen molar-refractivity contribution in [2.24, 2.45) is 0 Å². The molecule has 2 aliphatic heterocycles. The number of rotatable bonds is 5. The van der Waals surface area contributed by atoms with Crippen LogP contribution in [0.2, 0.25) is 0 Å². The van der Waals surface area contributed by atoms with Crippen molar-refractivity contribution in [1.29, 1.82) is 0 Å². The molecule has 1 amide bonds. The Labute approximate surface area is 169 Å². The van der Waals surface area contributed by atoms with E-state index in [4.69, 9.17) is 9.47 Å². The van der Waals surface area contributed by atoms with Crippen LogP contribution in [0.3, 0.4) is 0 Å². The van der Waals surface area contributed by atoms with Crippen LogP contribution in [0.5, 0.6) is 11.5 Å². The van der Waals surface area contributed by atoms with Crippen molar-refractivity contribution < 1.29 is 24.2 Å². The summed E-state index contributed by atoms with van der Waals surface area (Å²) in [5, 5.41) is 11.1. The number of unbranched alkanes of at least 4 members (excludes halogenated alkanes) is 1. The molecule has 0 saturated carbocycles. The van der Waals surface area contributed by atoms with Gasteiger partial charge in [-0.05, 0) is 42.7 Å². The molecule has 29 heavy (non-hydrogen) atoms. The Bertz CT molecular complexity index is 1010. The van der Waals surface area contributed by atoms with E-state index in [0.29, 0.717) is 23.6 Å². The van der Waals surface area contributed by atoms with Gasteiger partial charge in [-0.15, -0.1) is 0 Å². The molecular formula is C23H23NO5. The monoisotopic (exact) mass is 393 g/mol. The Balaban J connectivity index is 1.86. The van der Waals surface area contributed by atoms with Gasteiger partial charge in [0.1, 0.15) is 5.76 Å². The zero-order valence-corrected chi connectivity index (χ0v) is 16.5. The highest BCUT2D eigenvalue weighted by Gasteiger charge is 2.46. The maximum absolute atomic E-state index is 13.0. The predicted octanol–water partition coefficient (Wildman–Crippen LogP) is 3.95. The zero-order valence-electron chi connectivity index (χ0n) is 16.5. The van der Waals surface area contributed by atoms with Gasteiger partial charge in [0.2, 0.25) is 6.79 Å². The predicted molar refractivity (Wildman–Crippen MR) is 108 cm³/mol. The van der Waals surface area contributed by atoms with Crippen LogP contribution in [0, 0.1) is 6.92 Å². The molecule has 0 spiro atoms. The molecule has 1 N–H and O–H groups in total. The molecule has 2 aliphatic rings. The number of hydrogen-bond donors (Lipinski definition) is 1. The van der Waals surface area contributed by atoms with Crippen molar-refractivity contribution in [3.63, 3.8) is 0 Å². The van der Waals surface area contributed by atoms with Crippen molar-refractivity contribution in [2.45, 2.75) is 32.7 Å². The fourth-order valence-corrected chi connectivity index (χ4v) is 3.86. The summed E-state index contributed by atoms with van der Waals surface area (Å²) in [4.78, 5) is 27.4. The molecule has 2 heterocycles. The Morgan fingerprint density at radius 2 is 1.90 bits per heavy atom. The number of Topliss-reactive ketones (excluding diaryl/α,β-unsaturated/α-hetero) is 1. The summed E-state index contributed by atoms with van der Waals surface area (Å²) in [5.41, 5.74) is 2.32. The van der Waals surface area contributed by atoms with Gasteiger partial charge in [-0.1, -0.05) is 37.6 Å². The number of hydrogen-bond acceptors (Lipinski definition) is 5. The van der Waals surface area contributed by atoms with E-state index in [9.17, 15) is 14.7 Å². The van der Waals surface area contributed by atoms with Crippen LogP contribution in [-0.4, -0.2) is 35.0 Å². The molecule has 0 aliphatic carbocycles. The first-order valence-electron chi connectivity index (χ1n) is 9.77. The van der Waals surface area contributed by atoms with E-state index in [1.165, 1.54) is 0 Å². The van der Waals surface area contributed by atoms with Gasteiger partial charge in [0.25, 0.3) is 11.7 Å². The van der Waals surface area contributed by atoms with Crippen molar-refractivity contribution >= 4 is 17.4 Å². The number of aliphatic hydroxyl groups excluding tert-OH is 1. The van der Waals surface area contributed by atoms with E-state index in [0.717, 1.165) is 24.0 Å². The van der Waals surface area contributed by atoms with Crippen LogP contribution in [0.1, 0.15) is 42.5 Å². The quantitative estimate of drug-likeness (QED) is 0.473. The second-order valence-electron chi connectivity index (χ2n) is 7.27. The van der Waals surface area contributed by atoms with E-state index in [1.807, 2.05) is 38.1 Å². The number of amides is 1. The number of carbonyl (C=O) groups is 2. The maximum atomic E-state index is 13.0. The average Bonchev–Trinajstić information content (AvgIpc) is 3.29. The third-order valence-corrected chi connectivity index (χ3v) is 5.42. The van der Waals surface area contributed by atoms with Crippen LogP contribution in [0.4, 0.5) is 0 Å². The van der Waals surface area contributed by atoms with Crippen molar-refractivity contribution in [1.82, 2.24) is 4.90 Å². The number of aliphatic hydroxyl groups is 1. The van der Waals surface area contributed by atoms with Crippen LogP contribution < -0.4 is 9.47 Å². The van der Waals surface area contributed by atoms with Crippen LogP contribution >= 0.6 is 0 Å². The standard InChI is InChI=1S/C23H23NO5/c1-3-4-11-24-20(16-8-6-5-7-14(16)2)19(22(26)23(24)27)21(25)15-9-10-17-18(12-15)29-13-28-17/h5-10,12,20,25H,3-4,11,13H2,1-2H3/b21-19+. The highest BCUT2D eigenvalue weighted by molar-refractivity contribution is 6.46. The number of ether oxygens (including phenoxy) is 2. The first-order valence-corrected chi connectivity index (χ1v) is 9.77. The Hall–Kier alpha value is -3.28. The summed E-state index contributed by atoms with van der Waals surface area (Å²) in [6.07, 6.45) is 1.67. The van der Waals surface area contributed by atoms with Gasteiger partial charge >= 0.3 is 0 Å². The third kappa shape index (κ3) is 3.24. The molecule has 0 radical (unpaired) electrons. The van der Waals surface area contributed by atoms with Crippen molar-refractivity contribution in [3.8, 4) is 11.5 Å². The largest absolute Gasteiger partial charge is 0.507 e. The molecule has 150 valence electrons. The number of nitrogens with zero attached hydrogens (tertiary/aromatic N) is 1. The lowest BCUT2D eigenvalue weighted by Gasteiger charge is -2.26. The van der Waals surface area contributed by atoms with Gasteiger partial charge < -0.3 is 19.5 Å². The van der Waals surface area contributed by atoms with E-state index in [2.05, 4.69) is 0 Å². The van der Waals surface area contributed by atoms with Crippen molar-refractivity contribution in [3.05, 3.63) is 64.7 Å². The highest BCUT2D eigenvalue weighted by atomic mass is 16.7. The number of carbonyl (C=O) groups excluding carboxylic acids is 2. The molecule has 0 bridgehead atoms. The highest BCUT2D eigenvalue weighted by Crippen LogP contribution is 2.42. The minimum absolute atomic E-state index is 0.110. The smallest absolute Gasteiger partial charge is 0.295 e. The fourth-order valence-electron chi connectivity index (χ4n) is 3.86. The molecule has 4 rings (SSSR count). The molecule has 2 aromatic carbocycles. The third-order valence-electron chi connectivity index (χ3n) is 5.42. The fraction of sp³-hybridized carbons (Fsp3) is 0.304. The summed E-state index contributed by atoms with van der Waals surface area (Å²) in [6, 6.07) is 12.0. The summed E-state index contributed by atoms with van der Waals surface area (Å²) in [7, 11) is 0. The summed E-state index contributed by atoms with van der Waals surface area (Å²) in [5.74, 6) is -0.352. The molecule has 2 aromatic rings. The van der Waals surface area contributed by atoms with Gasteiger partial charge in [-0.3, -0.25) is 9.59 Å². The molecule has 1 saturated heterocycles. The number of likely N-dealkylation sites (tertiary alicyclic amines) is 1. The van der Waals surface area contributed by atoms with Crippen molar-refractivity contribution in [2.75, 3.05) is 13.3 Å². The molecular weight excluding hydrogens is 370 g/mol. The van der Waals surface area contributed by atoms with Crippen LogP contribution in [-0.2, 0) is 9.59 Å². The molecule has 1 unspecified atom stereocenters. The second kappa shape index (κ2) is 7.62. The van der Waals surface area contributed by atoms with Crippen LogP contribution in [0.25, 0.3) is 5.76 Å². The minimum Gasteiger partial charge on any atom is -0.507 e. The lowest BCUT2D eigenvalue weighted by atomic mass is 9.92. The van der Waals surface area contributed by atoms with Gasteiger partial charge in [-0.25, -0.2) is 0 Å². The number of aryl methyl sites for hydroxylation is 1. The average molecular weight is 393 g/mol. The lowest BCUT2D eigenvalue weighted by Crippen LogP contribution is -2.30. The maximum Gasteiger partial charge on any atom is 0.295 e. The van der Waals surface area contributed by atoms with Gasteiger partial charge in [0.05, 0.1) is 11.6 Å². The number of benzene rings is 2. The lowest BCUT2D eigenvalue weighted by molar-refractivity contribution is -0.139. The van der Waals surface area contributed by atoms with Gasteiger partial charge in [-0.2, -0.15) is 0 Å². The Morgan fingerprint density at radius 3 is 2.66 bits per heavy atom. The van der Waals surface area contributed by atoms with E-state index in [-0.39, 0.29) is 18.1 Å². The molecule has 6 nitrogen and oxygen atoms in total. The normalized spacial score (nSPS) is 19.8. The van der Waals surface area contributed by atoms with Gasteiger partial charge in [0.15, 0.2) is 11.5 Å². The summed E-state index contributed by atoms with van der Waals surface area (Å²) in [6.45, 7) is 4.55. The number of ketones is 1. The Morgan fingerprint density at radius 1 is 1.14 bits per heavy atom. The second-order valence-corrected chi connectivity index (χ2v) is 7.27. The molecule has 6 heteroatoms. The molecule has 0 aromatic heterocycles. The van der Waals surface area contributed by atoms with Gasteiger partial charge in [0, 0.05) is 12.1 Å². The van der Waals surface area contributed by atoms with E-state index < -0.39 is 17.7 Å². The van der Waals surface area contributed by atoms with Crippen LogP contribution in [0.15, 0.2) is 48.0 Å². The topological polar surface area (TPSA) is 76.1 Å². The SMILES string of the molecule is CCCCN1C(=O)C(=O)/C(=C(/O)c2ccc3c(c2)OCO3)C1c1ccccc1C. The first kappa shape index (κ1) is 19.1. The van der Waals surface area contributed by atoms with E-state index in [1.54, 1.807) is 23.1 Å². The minimum atomic E-state index is -0.662. The first-order chi connectivity index (χ1) is 14.0. The summed E-state index contributed by atoms with van der Waals surface area (Å²) < 4.78 is 10.7. The molecule has 1 atom stereocenters. The van der Waals surface area contributed by atoms with E-state index >= 15 is 0 Å². The zero-order chi connectivity index (χ0) is 20.5. The molecule has 1 fully saturated rings. The number of fused-ring (bicyclic) bond motifs is 1. The Kier molecular flexibility index (Phi) is 5.01. The summed E-state index contributed by atoms with van der Waals surface area (Å²) >= 11 is 0.